The number of hydrogen-bond donors (Lipinski definition) is 0. The van der Waals surface area contributed by atoms with E-state index < -0.39 is 31.2 Å². The van der Waals surface area contributed by atoms with Crippen LogP contribution in [0.5, 0.6) is 0 Å². The highest BCUT2D eigenvalue weighted by Gasteiger charge is 2.55. The lowest BCUT2D eigenvalue weighted by Gasteiger charge is -2.44. The van der Waals surface area contributed by atoms with Crippen LogP contribution in [0.1, 0.15) is 74.2 Å². The molecular weight excluding hydrogens is 553 g/mol. The fourth-order valence-electron chi connectivity index (χ4n) is 4.03. The fourth-order valence-corrected chi connectivity index (χ4v) is 7.65. The van der Waals surface area contributed by atoms with Crippen LogP contribution < -0.4 is 0 Å². The highest BCUT2D eigenvalue weighted by molar-refractivity contribution is 6.75. The number of aryl methyl sites for hydroxylation is 1. The third kappa shape index (κ3) is 6.65. The molecule has 0 radical (unpaired) electrons. The zero-order valence-corrected chi connectivity index (χ0v) is 31.1. The molecule has 11 heteroatoms. The molecular formula is C29H56N4O4Si3. The highest BCUT2D eigenvalue weighted by Crippen LogP contribution is 2.47. The van der Waals surface area contributed by atoms with Crippen molar-refractivity contribution in [1.29, 1.82) is 0 Å². The van der Waals surface area contributed by atoms with Gasteiger partial charge in [-0.3, -0.25) is 4.57 Å². The number of ether oxygens (including phenoxy) is 1. The van der Waals surface area contributed by atoms with Crippen LogP contribution in [-0.4, -0.2) is 69.4 Å². The monoisotopic (exact) mass is 608 g/mol. The third-order valence-corrected chi connectivity index (χ3v) is 23.4. The van der Waals surface area contributed by atoms with Gasteiger partial charge in [-0.1, -0.05) is 62.3 Å². The summed E-state index contributed by atoms with van der Waals surface area (Å²) in [5.41, 5.74) is 2.37. The highest BCUT2D eigenvalue weighted by atomic mass is 28.4. The van der Waals surface area contributed by atoms with Crippen molar-refractivity contribution < 1.29 is 18.0 Å². The Bertz CT molecular complexity index is 1180. The van der Waals surface area contributed by atoms with Crippen LogP contribution in [0.3, 0.4) is 0 Å². The van der Waals surface area contributed by atoms with Crippen LogP contribution in [0.2, 0.25) is 54.4 Å². The van der Waals surface area contributed by atoms with Gasteiger partial charge in [0.2, 0.25) is 0 Å². The zero-order valence-electron chi connectivity index (χ0n) is 28.1. The number of hydrogen-bond acceptors (Lipinski definition) is 7. The van der Waals surface area contributed by atoms with E-state index in [1.807, 2.05) is 17.8 Å². The molecule has 0 spiro atoms. The first kappa shape index (κ1) is 33.5. The van der Waals surface area contributed by atoms with E-state index >= 15 is 0 Å². The molecule has 3 rings (SSSR count). The Kier molecular flexibility index (Phi) is 9.18. The lowest BCUT2D eigenvalue weighted by molar-refractivity contribution is -0.0470. The predicted molar refractivity (Wildman–Crippen MR) is 171 cm³/mol. The second-order valence-electron chi connectivity index (χ2n) is 16.1. The molecule has 3 heterocycles. The molecule has 0 bridgehead atoms. The lowest BCUT2D eigenvalue weighted by atomic mass is 10.1. The van der Waals surface area contributed by atoms with E-state index in [1.54, 1.807) is 6.33 Å². The van der Waals surface area contributed by atoms with Crippen molar-refractivity contribution in [1.82, 2.24) is 19.5 Å². The minimum Gasteiger partial charge on any atom is -0.414 e. The predicted octanol–water partition coefficient (Wildman–Crippen LogP) is 7.83. The summed E-state index contributed by atoms with van der Waals surface area (Å²) in [7, 11) is -6.46. The van der Waals surface area contributed by atoms with E-state index in [4.69, 9.17) is 18.0 Å². The molecule has 1 saturated heterocycles. The van der Waals surface area contributed by atoms with E-state index in [0.29, 0.717) is 6.61 Å². The Balaban J connectivity index is 2.15. The minimum absolute atomic E-state index is 0.0184. The Morgan fingerprint density at radius 1 is 0.750 bits per heavy atom. The Labute approximate surface area is 246 Å². The molecule has 4 atom stereocenters. The number of aromatic nitrogens is 4. The van der Waals surface area contributed by atoms with Gasteiger partial charge in [0.1, 0.15) is 30.2 Å². The number of rotatable bonds is 8. The Morgan fingerprint density at radius 2 is 1.25 bits per heavy atom. The van der Waals surface area contributed by atoms with Crippen LogP contribution in [0, 0.1) is 6.92 Å². The van der Waals surface area contributed by atoms with E-state index in [2.05, 4.69) is 117 Å². The maximum atomic E-state index is 7.25. The van der Waals surface area contributed by atoms with Gasteiger partial charge in [0, 0.05) is 0 Å². The lowest BCUT2D eigenvalue weighted by Crippen LogP contribution is -2.54. The van der Waals surface area contributed by atoms with Crippen LogP contribution in [0.4, 0.5) is 0 Å². The largest absolute Gasteiger partial charge is 0.414 e. The number of nitrogens with zero attached hydrogens (tertiary/aromatic N) is 4. The first-order chi connectivity index (χ1) is 17.9. The Morgan fingerprint density at radius 3 is 1.75 bits per heavy atom. The van der Waals surface area contributed by atoms with Gasteiger partial charge in [0.25, 0.3) is 0 Å². The van der Waals surface area contributed by atoms with Crippen molar-refractivity contribution >= 4 is 36.1 Å². The van der Waals surface area contributed by atoms with Crippen LogP contribution in [0.15, 0.2) is 12.7 Å². The molecule has 0 aliphatic carbocycles. The van der Waals surface area contributed by atoms with E-state index in [-0.39, 0.29) is 33.4 Å². The van der Waals surface area contributed by atoms with Gasteiger partial charge < -0.3 is 18.0 Å². The van der Waals surface area contributed by atoms with Gasteiger partial charge >= 0.3 is 0 Å². The summed E-state index contributed by atoms with van der Waals surface area (Å²) in [5.74, 6) is 0. The summed E-state index contributed by atoms with van der Waals surface area (Å²) >= 11 is 0. The van der Waals surface area contributed by atoms with Gasteiger partial charge in [0.15, 0.2) is 36.8 Å². The average Bonchev–Trinajstić information content (AvgIpc) is 3.32. The topological polar surface area (TPSA) is 80.5 Å². The van der Waals surface area contributed by atoms with Gasteiger partial charge in [-0.2, -0.15) is 0 Å². The van der Waals surface area contributed by atoms with Gasteiger partial charge in [-0.15, -0.1) is 0 Å². The zero-order chi connectivity index (χ0) is 30.7. The average molecular weight is 609 g/mol. The van der Waals surface area contributed by atoms with Crippen molar-refractivity contribution in [2.24, 2.45) is 0 Å². The van der Waals surface area contributed by atoms with E-state index in [1.165, 1.54) is 0 Å². The SMILES string of the molecule is Cc1ncnc2c1ncn2[C@@H]1O[C@H](CO[Si](C)(C)C(C)(C)C)[C@@H](O[Si](C)(C)C(C)(C)C)[C@H]1O[Si](C)(C)C(C)(C)C. The van der Waals surface area contributed by atoms with Gasteiger partial charge in [-0.05, 0) is 61.3 Å². The summed E-state index contributed by atoms with van der Waals surface area (Å²) in [6.45, 7) is 36.7. The maximum absolute atomic E-state index is 7.25. The smallest absolute Gasteiger partial charge is 0.192 e. The molecule has 1 aliphatic rings. The van der Waals surface area contributed by atoms with Crippen molar-refractivity contribution in [2.45, 2.75) is 148 Å². The second-order valence-corrected chi connectivity index (χ2v) is 30.4. The summed E-state index contributed by atoms with van der Waals surface area (Å²) in [5, 5.41) is 0.140. The summed E-state index contributed by atoms with van der Waals surface area (Å²) in [6.07, 6.45) is 2.05. The van der Waals surface area contributed by atoms with Gasteiger partial charge in [-0.25, -0.2) is 15.0 Å². The summed E-state index contributed by atoms with van der Waals surface area (Å²) in [4.78, 5) is 13.7. The quantitative estimate of drug-likeness (QED) is 0.282. The molecule has 0 unspecified atom stereocenters. The molecule has 0 saturated carbocycles. The minimum atomic E-state index is -2.23. The van der Waals surface area contributed by atoms with Crippen LogP contribution in [-0.2, 0) is 18.0 Å². The summed E-state index contributed by atoms with van der Waals surface area (Å²) in [6, 6.07) is 0. The van der Waals surface area contributed by atoms with Gasteiger partial charge in [0.05, 0.1) is 18.6 Å². The molecule has 0 aromatic carbocycles. The fraction of sp³-hybridized carbons (Fsp3) is 0.828. The van der Waals surface area contributed by atoms with E-state index in [0.717, 1.165) is 16.9 Å². The van der Waals surface area contributed by atoms with Crippen LogP contribution in [0.25, 0.3) is 11.2 Å². The third-order valence-electron chi connectivity index (χ3n) is 9.99. The number of imidazole rings is 1. The standard InChI is InChI=1S/C29H56N4O4Si3/c1-20-22-25(31-18-30-20)33(19-32-22)26-24(37-40(15,16)29(8,9)10)23(36-39(13,14)28(5,6)7)21(35-26)17-34-38(11,12)27(2,3)4/h18-19,21,23-24,26H,17H2,1-16H3/t21-,23-,24-,26-/m1/s1. The van der Waals surface area contributed by atoms with Crippen molar-refractivity contribution in [3.63, 3.8) is 0 Å². The summed E-state index contributed by atoms with van der Waals surface area (Å²) < 4.78 is 30.3. The maximum Gasteiger partial charge on any atom is 0.192 e. The molecule has 228 valence electrons. The van der Waals surface area contributed by atoms with Crippen molar-refractivity contribution in [2.75, 3.05) is 6.61 Å². The van der Waals surface area contributed by atoms with E-state index in [9.17, 15) is 0 Å². The normalized spacial score (nSPS) is 23.8. The molecule has 0 amide bonds. The number of fused-ring (bicyclic) bond motifs is 1. The molecule has 2 aromatic rings. The molecule has 8 nitrogen and oxygen atoms in total. The van der Waals surface area contributed by atoms with Crippen molar-refractivity contribution in [3.8, 4) is 0 Å². The second kappa shape index (κ2) is 10.9. The Hall–Kier alpha value is -0.959. The first-order valence-electron chi connectivity index (χ1n) is 14.7. The molecule has 1 fully saturated rings. The van der Waals surface area contributed by atoms with Crippen LogP contribution >= 0.6 is 0 Å². The first-order valence-corrected chi connectivity index (χ1v) is 23.4. The van der Waals surface area contributed by atoms with Crippen molar-refractivity contribution in [3.05, 3.63) is 18.3 Å². The molecule has 40 heavy (non-hydrogen) atoms. The molecule has 1 aliphatic heterocycles. The molecule has 2 aromatic heterocycles. The molecule has 0 N–H and O–H groups in total.